The molecule has 0 aliphatic heterocycles. The molecule has 0 saturated carbocycles. The largest absolute Gasteiger partial charge is 4.00 e. The molecule has 0 aliphatic rings. The molecule has 4 heteroatoms. The van der Waals surface area contributed by atoms with Gasteiger partial charge in [0, 0.05) is 0 Å². The third kappa shape index (κ3) is 6.16. The van der Waals surface area contributed by atoms with Crippen molar-refractivity contribution in [2.45, 2.75) is 0 Å². The topological polar surface area (TPSA) is 0 Å². The van der Waals surface area contributed by atoms with Crippen molar-refractivity contribution >= 4 is 45.4 Å². The molecule has 0 nitrogen and oxygen atoms in total. The van der Waals surface area contributed by atoms with Crippen LogP contribution in [-0.4, -0.2) is 0 Å². The van der Waals surface area contributed by atoms with Crippen molar-refractivity contribution in [2.75, 3.05) is 0 Å². The number of benzene rings is 4. The van der Waals surface area contributed by atoms with Gasteiger partial charge in [-0.05, 0) is 18.5 Å². The second-order valence-electron chi connectivity index (χ2n) is 7.50. The molecule has 0 unspecified atom stereocenters. The Morgan fingerprint density at radius 2 is 1.00 bits per heavy atom. The zero-order valence-corrected chi connectivity index (χ0v) is 20.9. The molecule has 0 atom stereocenters. The van der Waals surface area contributed by atoms with E-state index in [9.17, 15) is 0 Å². The van der Waals surface area contributed by atoms with Gasteiger partial charge in [0.25, 0.3) is 0 Å². The fourth-order valence-electron chi connectivity index (χ4n) is 3.93. The van der Waals surface area contributed by atoms with Crippen LogP contribution in [0.25, 0.3) is 21.5 Å². The first-order chi connectivity index (χ1) is 15.4. The van der Waals surface area contributed by atoms with Crippen LogP contribution in [0.3, 0.4) is 0 Å². The Hall–Kier alpha value is -2.90. The van der Waals surface area contributed by atoms with Crippen LogP contribution < -0.4 is 25.3 Å². The van der Waals surface area contributed by atoms with E-state index in [0.717, 1.165) is 0 Å². The summed E-state index contributed by atoms with van der Waals surface area (Å²) < 4.78 is 0. The van der Waals surface area contributed by atoms with E-state index in [2.05, 4.69) is 140 Å². The van der Waals surface area contributed by atoms with Gasteiger partial charge in [-0.3, -0.25) is 0 Å². The Kier molecular flexibility index (Phi) is 10.5. The molecule has 0 bridgehead atoms. The number of hydrogen-bond acceptors (Lipinski definition) is 0. The molecule has 0 aliphatic carbocycles. The minimum absolute atomic E-state index is 0. The summed E-state index contributed by atoms with van der Waals surface area (Å²) in [7, 11) is -0.493. The van der Waals surface area contributed by atoms with Gasteiger partial charge in [0.05, 0.1) is 0 Å². The van der Waals surface area contributed by atoms with E-state index in [-0.39, 0.29) is 31.1 Å². The van der Waals surface area contributed by atoms with Crippen LogP contribution in [0.15, 0.2) is 140 Å². The Bertz CT molecular complexity index is 1290. The standard InChI is InChI=1S/C21H16P.C9H7.2FH.Ti/c1-3-11-19(12-4-1)22(20-13-5-2-6-14-20)21-15-17-9-7-8-10-18(17)16-21;1-2-5-9-7-3-6-8(9)4-1;;;/h1-16H;1-7H;2*1H;/q2*-1;;;+4/p-2. The summed E-state index contributed by atoms with van der Waals surface area (Å²) in [6.07, 6.45) is 0. The first kappa shape index (κ1) is 27.3. The number of halogens is 2. The summed E-state index contributed by atoms with van der Waals surface area (Å²) in [5, 5.41) is 9.55. The molecule has 34 heavy (non-hydrogen) atoms. The normalized spacial score (nSPS) is 9.91. The minimum Gasteiger partial charge on any atom is -1.00 e. The van der Waals surface area contributed by atoms with E-state index in [1.807, 2.05) is 0 Å². The first-order valence-electron chi connectivity index (χ1n) is 10.5. The van der Waals surface area contributed by atoms with Gasteiger partial charge in [-0.2, -0.15) is 23.6 Å². The zero-order valence-electron chi connectivity index (χ0n) is 18.5. The van der Waals surface area contributed by atoms with Gasteiger partial charge in [0.2, 0.25) is 0 Å². The van der Waals surface area contributed by atoms with Crippen molar-refractivity contribution in [1.29, 1.82) is 0 Å². The van der Waals surface area contributed by atoms with Gasteiger partial charge in [0.1, 0.15) is 0 Å². The third-order valence-electron chi connectivity index (χ3n) is 5.44. The van der Waals surface area contributed by atoms with Crippen LogP contribution in [0, 0.1) is 0 Å². The Labute approximate surface area is 215 Å². The summed E-state index contributed by atoms with van der Waals surface area (Å²) in [6.45, 7) is 0. The molecule has 0 amide bonds. The molecule has 6 aromatic carbocycles. The number of fused-ring (bicyclic) bond motifs is 2. The summed E-state index contributed by atoms with van der Waals surface area (Å²) in [5.74, 6) is 0. The maximum Gasteiger partial charge on any atom is 4.00 e. The van der Waals surface area contributed by atoms with Gasteiger partial charge in [0.15, 0.2) is 0 Å². The van der Waals surface area contributed by atoms with Crippen molar-refractivity contribution in [3.63, 3.8) is 0 Å². The van der Waals surface area contributed by atoms with E-state index in [1.165, 1.54) is 37.5 Å². The molecule has 0 N–H and O–H groups in total. The minimum atomic E-state index is -0.493. The van der Waals surface area contributed by atoms with Gasteiger partial charge in [-0.25, -0.2) is 0 Å². The number of hydrogen-bond donors (Lipinski definition) is 0. The smallest absolute Gasteiger partial charge is 1.00 e. The van der Waals surface area contributed by atoms with Crippen LogP contribution in [-0.2, 0) is 21.7 Å². The first-order valence-corrected chi connectivity index (χ1v) is 11.9. The Balaban J connectivity index is 0.000000290. The van der Waals surface area contributed by atoms with Crippen molar-refractivity contribution < 1.29 is 31.1 Å². The van der Waals surface area contributed by atoms with Crippen LogP contribution in [0.2, 0.25) is 0 Å². The molecule has 0 fully saturated rings. The van der Waals surface area contributed by atoms with E-state index in [0.29, 0.717) is 0 Å². The van der Waals surface area contributed by atoms with Gasteiger partial charge in [-0.15, -0.1) is 70.0 Å². The second-order valence-corrected chi connectivity index (χ2v) is 9.72. The maximum absolute atomic E-state index is 2.35. The average Bonchev–Trinajstić information content (AvgIpc) is 3.48. The molecule has 0 spiro atoms. The molecule has 6 rings (SSSR count). The second kappa shape index (κ2) is 13.1. The summed E-state index contributed by atoms with van der Waals surface area (Å²) in [6, 6.07) is 49.7. The van der Waals surface area contributed by atoms with Crippen molar-refractivity contribution in [2.24, 2.45) is 0 Å². The summed E-state index contributed by atoms with van der Waals surface area (Å²) >= 11 is 0. The van der Waals surface area contributed by atoms with E-state index in [1.54, 1.807) is 0 Å². The molecule has 166 valence electrons. The zero-order chi connectivity index (χ0) is 20.9. The van der Waals surface area contributed by atoms with Crippen LogP contribution in [0.1, 0.15) is 0 Å². The monoisotopic (exact) mass is 500 g/mol. The molecule has 0 radical (unpaired) electrons. The van der Waals surface area contributed by atoms with E-state index < -0.39 is 7.92 Å². The fourth-order valence-corrected chi connectivity index (χ4v) is 6.31. The molecule has 0 aromatic heterocycles. The van der Waals surface area contributed by atoms with Crippen LogP contribution in [0.5, 0.6) is 0 Å². The van der Waals surface area contributed by atoms with Crippen molar-refractivity contribution in [3.05, 3.63) is 140 Å². The van der Waals surface area contributed by atoms with E-state index >= 15 is 0 Å². The Morgan fingerprint density at radius 1 is 0.500 bits per heavy atom. The third-order valence-corrected chi connectivity index (χ3v) is 7.84. The SMILES string of the molecule is [F-].[F-].[Ti+4].c1ccc(P(c2ccccc2)c2cc3ccccc3[cH-]2)cc1.c1ccc2[cH-]ccc2c1. The van der Waals surface area contributed by atoms with Gasteiger partial charge in [-0.1, -0.05) is 72.8 Å². The number of rotatable bonds is 3. The summed E-state index contributed by atoms with van der Waals surface area (Å²) in [5.41, 5.74) is 0. The van der Waals surface area contributed by atoms with E-state index in [4.69, 9.17) is 0 Å². The maximum atomic E-state index is 2.35. The molecular formula is C30H23F2PTi. The predicted molar refractivity (Wildman–Crippen MR) is 138 cm³/mol. The van der Waals surface area contributed by atoms with Crippen LogP contribution >= 0.6 is 7.92 Å². The van der Waals surface area contributed by atoms with Gasteiger partial charge < -0.3 is 9.41 Å². The Morgan fingerprint density at radius 3 is 1.56 bits per heavy atom. The predicted octanol–water partition coefficient (Wildman–Crippen LogP) is 0.881. The van der Waals surface area contributed by atoms with Gasteiger partial charge >= 0.3 is 21.7 Å². The molecule has 0 saturated heterocycles. The van der Waals surface area contributed by atoms with Crippen LogP contribution in [0.4, 0.5) is 0 Å². The fraction of sp³-hybridized carbons (Fsp3) is 0. The molecule has 6 aromatic rings. The molecular weight excluding hydrogens is 477 g/mol. The van der Waals surface area contributed by atoms with Crippen molar-refractivity contribution in [3.8, 4) is 0 Å². The summed E-state index contributed by atoms with van der Waals surface area (Å²) in [4.78, 5) is 0. The van der Waals surface area contributed by atoms with Crippen molar-refractivity contribution in [1.82, 2.24) is 0 Å². The quantitative estimate of drug-likeness (QED) is 0.193. The molecule has 0 heterocycles. The average molecular weight is 500 g/mol.